The Balaban J connectivity index is 2.10. The van der Waals surface area contributed by atoms with E-state index in [4.69, 9.17) is 9.47 Å². The normalized spacial score (nSPS) is 12.2. The summed E-state index contributed by atoms with van der Waals surface area (Å²) >= 11 is 0. The fourth-order valence-corrected chi connectivity index (χ4v) is 1.47. The molecular weight excluding hydrogens is 258 g/mol. The van der Waals surface area contributed by atoms with Crippen LogP contribution in [-0.2, 0) is 16.1 Å². The van der Waals surface area contributed by atoms with E-state index >= 15 is 0 Å². The summed E-state index contributed by atoms with van der Waals surface area (Å²) in [5, 5.41) is 12.1. The van der Waals surface area contributed by atoms with E-state index in [2.05, 4.69) is 5.32 Å². The Morgan fingerprint density at radius 1 is 1.25 bits per heavy atom. The predicted molar refractivity (Wildman–Crippen MR) is 76.3 cm³/mol. The number of aliphatic hydroxyl groups is 1. The number of hydrogen-bond donors (Lipinski definition) is 2. The summed E-state index contributed by atoms with van der Waals surface area (Å²) in [7, 11) is 0. The highest BCUT2D eigenvalue weighted by Gasteiger charge is 2.08. The lowest BCUT2D eigenvalue weighted by Crippen LogP contribution is -2.35. The van der Waals surface area contributed by atoms with E-state index in [0.717, 1.165) is 5.56 Å². The molecule has 2 N–H and O–H groups in total. The number of carbonyl (C=O) groups is 1. The van der Waals surface area contributed by atoms with Crippen molar-refractivity contribution >= 4 is 6.09 Å². The first-order chi connectivity index (χ1) is 9.58. The van der Waals surface area contributed by atoms with Gasteiger partial charge in [0.25, 0.3) is 0 Å². The van der Waals surface area contributed by atoms with E-state index in [0.29, 0.717) is 12.5 Å². The molecule has 0 spiro atoms. The third kappa shape index (κ3) is 7.76. The zero-order valence-electron chi connectivity index (χ0n) is 12.0. The van der Waals surface area contributed by atoms with Crippen LogP contribution in [-0.4, -0.2) is 37.1 Å². The number of nitrogens with one attached hydrogen (secondary N) is 1. The Labute approximate surface area is 119 Å². The van der Waals surface area contributed by atoms with Gasteiger partial charge < -0.3 is 19.9 Å². The Bertz CT molecular complexity index is 381. The average molecular weight is 281 g/mol. The van der Waals surface area contributed by atoms with Gasteiger partial charge in [-0.1, -0.05) is 44.2 Å². The van der Waals surface area contributed by atoms with Crippen LogP contribution in [0, 0.1) is 5.92 Å². The minimum Gasteiger partial charge on any atom is -0.445 e. The standard InChI is InChI=1S/C15H23NO4/c1-12(2)9-19-11-14(17)8-16-15(18)20-10-13-6-4-3-5-7-13/h3-7,12,14,17H,8-11H2,1-2H3,(H,16,18). The molecule has 0 fully saturated rings. The number of alkyl carbamates (subject to hydrolysis) is 1. The van der Waals surface area contributed by atoms with Gasteiger partial charge in [-0.15, -0.1) is 0 Å². The first kappa shape index (κ1) is 16.5. The number of ether oxygens (including phenoxy) is 2. The van der Waals surface area contributed by atoms with Gasteiger partial charge in [0.2, 0.25) is 0 Å². The first-order valence-corrected chi connectivity index (χ1v) is 6.78. The van der Waals surface area contributed by atoms with Gasteiger partial charge in [-0.2, -0.15) is 0 Å². The molecule has 1 unspecified atom stereocenters. The van der Waals surface area contributed by atoms with Gasteiger partial charge in [-0.25, -0.2) is 4.79 Å². The number of carbonyl (C=O) groups excluding carboxylic acids is 1. The lowest BCUT2D eigenvalue weighted by Gasteiger charge is -2.13. The second kappa shape index (κ2) is 9.34. The van der Waals surface area contributed by atoms with Crippen molar-refractivity contribution in [2.45, 2.75) is 26.6 Å². The third-order valence-electron chi connectivity index (χ3n) is 2.46. The van der Waals surface area contributed by atoms with E-state index in [1.54, 1.807) is 0 Å². The SMILES string of the molecule is CC(C)COCC(O)CNC(=O)OCc1ccccc1. The van der Waals surface area contributed by atoms with Crippen LogP contribution in [0.2, 0.25) is 0 Å². The summed E-state index contributed by atoms with van der Waals surface area (Å²) in [5.74, 6) is 0.422. The van der Waals surface area contributed by atoms with Crippen LogP contribution in [0.5, 0.6) is 0 Å². The average Bonchev–Trinajstić information content (AvgIpc) is 2.43. The Kier molecular flexibility index (Phi) is 7.69. The van der Waals surface area contributed by atoms with Crippen molar-refractivity contribution in [1.29, 1.82) is 0 Å². The molecule has 5 nitrogen and oxygen atoms in total. The van der Waals surface area contributed by atoms with Crippen LogP contribution in [0.15, 0.2) is 30.3 Å². The molecule has 0 saturated carbocycles. The monoisotopic (exact) mass is 281 g/mol. The maximum atomic E-state index is 11.4. The molecule has 0 heterocycles. The number of benzene rings is 1. The van der Waals surface area contributed by atoms with Gasteiger partial charge in [-0.3, -0.25) is 0 Å². The van der Waals surface area contributed by atoms with Crippen molar-refractivity contribution in [2.24, 2.45) is 5.92 Å². The molecule has 5 heteroatoms. The highest BCUT2D eigenvalue weighted by atomic mass is 16.5. The predicted octanol–water partition coefficient (Wildman–Crippen LogP) is 1.95. The summed E-state index contributed by atoms with van der Waals surface area (Å²) in [4.78, 5) is 11.4. The molecule has 0 aromatic heterocycles. The molecule has 1 amide bonds. The lowest BCUT2D eigenvalue weighted by atomic mass is 10.2. The minimum absolute atomic E-state index is 0.117. The molecule has 0 aliphatic carbocycles. The largest absolute Gasteiger partial charge is 0.445 e. The molecule has 1 aromatic rings. The Morgan fingerprint density at radius 3 is 2.60 bits per heavy atom. The molecule has 20 heavy (non-hydrogen) atoms. The third-order valence-corrected chi connectivity index (χ3v) is 2.46. The molecule has 0 aliphatic heterocycles. The van der Waals surface area contributed by atoms with E-state index in [9.17, 15) is 9.90 Å². The summed E-state index contributed by atoms with van der Waals surface area (Å²) in [5.41, 5.74) is 0.920. The minimum atomic E-state index is -0.724. The molecule has 112 valence electrons. The molecule has 0 radical (unpaired) electrons. The lowest BCUT2D eigenvalue weighted by molar-refractivity contribution is 0.0254. The van der Waals surface area contributed by atoms with Crippen LogP contribution in [0.1, 0.15) is 19.4 Å². The summed E-state index contributed by atoms with van der Waals surface area (Å²) in [6, 6.07) is 9.42. The van der Waals surface area contributed by atoms with Crippen LogP contribution in [0.4, 0.5) is 4.79 Å². The van der Waals surface area contributed by atoms with Gasteiger partial charge in [0, 0.05) is 13.2 Å². The van der Waals surface area contributed by atoms with Gasteiger partial charge in [0.05, 0.1) is 12.7 Å². The summed E-state index contributed by atoms with van der Waals surface area (Å²) in [6.07, 6.45) is -1.27. The zero-order valence-corrected chi connectivity index (χ0v) is 12.0. The van der Waals surface area contributed by atoms with E-state index in [-0.39, 0.29) is 19.8 Å². The van der Waals surface area contributed by atoms with Crippen molar-refractivity contribution in [3.8, 4) is 0 Å². The second-order valence-electron chi connectivity index (χ2n) is 5.03. The molecule has 0 aliphatic rings. The smallest absolute Gasteiger partial charge is 0.407 e. The molecular formula is C15H23NO4. The van der Waals surface area contributed by atoms with Crippen LogP contribution >= 0.6 is 0 Å². The molecule has 0 bridgehead atoms. The van der Waals surface area contributed by atoms with Crippen molar-refractivity contribution in [3.05, 3.63) is 35.9 Å². The molecule has 1 atom stereocenters. The Morgan fingerprint density at radius 2 is 1.95 bits per heavy atom. The van der Waals surface area contributed by atoms with E-state index in [1.165, 1.54) is 0 Å². The number of amides is 1. The van der Waals surface area contributed by atoms with Gasteiger partial charge >= 0.3 is 6.09 Å². The maximum Gasteiger partial charge on any atom is 0.407 e. The van der Waals surface area contributed by atoms with Crippen LogP contribution < -0.4 is 5.32 Å². The number of hydrogen-bond acceptors (Lipinski definition) is 4. The fourth-order valence-electron chi connectivity index (χ4n) is 1.47. The van der Waals surface area contributed by atoms with Gasteiger partial charge in [0.15, 0.2) is 0 Å². The Hall–Kier alpha value is -1.59. The topological polar surface area (TPSA) is 67.8 Å². The summed E-state index contributed by atoms with van der Waals surface area (Å²) < 4.78 is 10.3. The number of rotatable bonds is 8. The molecule has 1 rings (SSSR count). The van der Waals surface area contributed by atoms with Crippen molar-refractivity contribution in [1.82, 2.24) is 5.32 Å². The molecule has 0 saturated heterocycles. The highest BCUT2D eigenvalue weighted by Crippen LogP contribution is 2.00. The van der Waals surface area contributed by atoms with Crippen molar-refractivity contribution in [3.63, 3.8) is 0 Å². The zero-order chi connectivity index (χ0) is 14.8. The van der Waals surface area contributed by atoms with Crippen LogP contribution in [0.25, 0.3) is 0 Å². The van der Waals surface area contributed by atoms with E-state index < -0.39 is 12.2 Å². The van der Waals surface area contributed by atoms with Crippen molar-refractivity contribution in [2.75, 3.05) is 19.8 Å². The highest BCUT2D eigenvalue weighted by molar-refractivity contribution is 5.67. The molecule has 1 aromatic carbocycles. The summed E-state index contributed by atoms with van der Waals surface area (Å²) in [6.45, 7) is 5.20. The van der Waals surface area contributed by atoms with Crippen LogP contribution in [0.3, 0.4) is 0 Å². The fraction of sp³-hybridized carbons (Fsp3) is 0.533. The van der Waals surface area contributed by atoms with Gasteiger partial charge in [-0.05, 0) is 11.5 Å². The van der Waals surface area contributed by atoms with E-state index in [1.807, 2.05) is 44.2 Å². The van der Waals surface area contributed by atoms with Crippen molar-refractivity contribution < 1.29 is 19.4 Å². The second-order valence-corrected chi connectivity index (χ2v) is 5.03. The number of aliphatic hydroxyl groups excluding tert-OH is 1. The first-order valence-electron chi connectivity index (χ1n) is 6.78. The van der Waals surface area contributed by atoms with Gasteiger partial charge in [0.1, 0.15) is 6.61 Å². The quantitative estimate of drug-likeness (QED) is 0.764. The maximum absolute atomic E-state index is 11.4.